The summed E-state index contributed by atoms with van der Waals surface area (Å²) < 4.78 is 9.63. The molecule has 2 aliphatic rings. The van der Waals surface area contributed by atoms with Crippen LogP contribution in [0.2, 0.25) is 0 Å². The number of carbonyl (C=O) groups is 2. The van der Waals surface area contributed by atoms with Crippen LogP contribution in [0.15, 0.2) is 0 Å². The van der Waals surface area contributed by atoms with E-state index in [9.17, 15) is 9.59 Å². The van der Waals surface area contributed by atoms with E-state index in [1.165, 1.54) is 7.11 Å². The summed E-state index contributed by atoms with van der Waals surface area (Å²) >= 11 is 2.18. The second-order valence-corrected chi connectivity index (χ2v) is 6.19. The molecule has 3 atom stereocenters. The Morgan fingerprint density at radius 1 is 1.67 bits per heavy atom. The number of fused-ring (bicyclic) bond motifs is 1. The maximum absolute atomic E-state index is 11.8. The number of methoxy groups -OCH3 is 1. The lowest BCUT2D eigenvalue weighted by molar-refractivity contribution is -0.162. The summed E-state index contributed by atoms with van der Waals surface area (Å²) in [4.78, 5) is 23.5. The first-order valence-corrected chi connectivity index (χ1v) is 5.96. The SMILES string of the molecule is CC[C@]1(C)OC(=O)[C@]2(C(=O)OC)C[C@@]21I. The van der Waals surface area contributed by atoms with Gasteiger partial charge in [0, 0.05) is 0 Å². The lowest BCUT2D eigenvalue weighted by Crippen LogP contribution is -2.37. The van der Waals surface area contributed by atoms with E-state index in [1.54, 1.807) is 0 Å². The molecule has 1 heterocycles. The minimum atomic E-state index is -1.03. The molecule has 1 saturated carbocycles. The number of ether oxygens (including phenoxy) is 2. The van der Waals surface area contributed by atoms with Gasteiger partial charge in [0.2, 0.25) is 0 Å². The zero-order valence-electron chi connectivity index (χ0n) is 8.93. The van der Waals surface area contributed by atoms with Gasteiger partial charge in [0.25, 0.3) is 0 Å². The number of cyclic esters (lactones) is 1. The molecular weight excluding hydrogens is 311 g/mol. The molecule has 1 aliphatic carbocycles. The Labute approximate surface area is 102 Å². The molecule has 0 spiro atoms. The molecule has 0 aromatic carbocycles. The fraction of sp³-hybridized carbons (Fsp3) is 0.800. The summed E-state index contributed by atoms with van der Waals surface area (Å²) in [5, 5.41) is 0. The van der Waals surface area contributed by atoms with Crippen LogP contribution in [-0.4, -0.2) is 28.1 Å². The van der Waals surface area contributed by atoms with Gasteiger partial charge in [-0.3, -0.25) is 9.59 Å². The number of alkyl halides is 1. The van der Waals surface area contributed by atoms with E-state index in [-0.39, 0.29) is 0 Å². The molecule has 1 aliphatic heterocycles. The predicted molar refractivity (Wildman–Crippen MR) is 60.6 cm³/mol. The van der Waals surface area contributed by atoms with Gasteiger partial charge in [0.15, 0.2) is 5.41 Å². The average molecular weight is 324 g/mol. The number of hydrogen-bond acceptors (Lipinski definition) is 4. The minimum absolute atomic E-state index is 0.420. The first kappa shape index (κ1) is 11.2. The maximum Gasteiger partial charge on any atom is 0.325 e. The second kappa shape index (κ2) is 2.87. The second-order valence-electron chi connectivity index (χ2n) is 4.35. The van der Waals surface area contributed by atoms with Crippen LogP contribution < -0.4 is 0 Å². The molecule has 0 aromatic rings. The Morgan fingerprint density at radius 2 is 2.27 bits per heavy atom. The monoisotopic (exact) mass is 324 g/mol. The lowest BCUT2D eigenvalue weighted by Gasteiger charge is -2.27. The van der Waals surface area contributed by atoms with Gasteiger partial charge in [-0.1, -0.05) is 29.5 Å². The number of carbonyl (C=O) groups excluding carboxylic acids is 2. The van der Waals surface area contributed by atoms with Crippen LogP contribution in [0.25, 0.3) is 0 Å². The smallest absolute Gasteiger partial charge is 0.325 e. The highest BCUT2D eigenvalue weighted by Crippen LogP contribution is 2.74. The van der Waals surface area contributed by atoms with Gasteiger partial charge in [0.05, 0.1) is 10.5 Å². The van der Waals surface area contributed by atoms with Crippen molar-refractivity contribution in [3.8, 4) is 0 Å². The molecule has 0 amide bonds. The van der Waals surface area contributed by atoms with Gasteiger partial charge >= 0.3 is 11.9 Å². The molecule has 2 fully saturated rings. The number of rotatable bonds is 2. The van der Waals surface area contributed by atoms with Gasteiger partial charge in [-0.2, -0.15) is 0 Å². The van der Waals surface area contributed by atoms with Crippen LogP contribution in [0.5, 0.6) is 0 Å². The van der Waals surface area contributed by atoms with E-state index in [0.717, 1.165) is 0 Å². The molecule has 2 rings (SSSR count). The third-order valence-corrected chi connectivity index (χ3v) is 6.22. The Balaban J connectivity index is 2.43. The van der Waals surface area contributed by atoms with Crippen LogP contribution in [0, 0.1) is 5.41 Å². The van der Waals surface area contributed by atoms with Crippen molar-refractivity contribution in [2.24, 2.45) is 5.41 Å². The molecule has 15 heavy (non-hydrogen) atoms. The maximum atomic E-state index is 11.8. The summed E-state index contributed by atoms with van der Waals surface area (Å²) in [7, 11) is 1.31. The Morgan fingerprint density at radius 3 is 2.60 bits per heavy atom. The number of halogens is 1. The van der Waals surface area contributed by atoms with E-state index in [2.05, 4.69) is 22.6 Å². The highest BCUT2D eigenvalue weighted by Gasteiger charge is 2.88. The molecule has 0 aromatic heterocycles. The highest BCUT2D eigenvalue weighted by atomic mass is 127. The molecule has 1 saturated heterocycles. The third-order valence-electron chi connectivity index (χ3n) is 3.77. The standard InChI is InChI=1S/C10H13IO4/c1-4-8(2)10(11)5-9(10,6(12)14-3)7(13)15-8/h4-5H2,1-3H3/t8-,9+,10-/m0/s1. The fourth-order valence-corrected chi connectivity index (χ4v) is 3.91. The van der Waals surface area contributed by atoms with E-state index in [4.69, 9.17) is 9.47 Å². The van der Waals surface area contributed by atoms with Crippen LogP contribution in [-0.2, 0) is 19.1 Å². The van der Waals surface area contributed by atoms with Crippen molar-refractivity contribution in [1.82, 2.24) is 0 Å². The highest BCUT2D eigenvalue weighted by molar-refractivity contribution is 14.1. The summed E-state index contributed by atoms with van der Waals surface area (Å²) in [6.07, 6.45) is 1.25. The van der Waals surface area contributed by atoms with Crippen LogP contribution in [0.3, 0.4) is 0 Å². The van der Waals surface area contributed by atoms with Gasteiger partial charge in [-0.05, 0) is 19.8 Å². The largest absolute Gasteiger partial charge is 0.468 e. The van der Waals surface area contributed by atoms with Gasteiger partial charge in [0.1, 0.15) is 5.60 Å². The van der Waals surface area contributed by atoms with Crippen LogP contribution in [0.1, 0.15) is 26.7 Å². The van der Waals surface area contributed by atoms with Crippen molar-refractivity contribution < 1.29 is 19.1 Å². The van der Waals surface area contributed by atoms with Crippen molar-refractivity contribution >= 4 is 34.5 Å². The zero-order valence-corrected chi connectivity index (χ0v) is 11.1. The quantitative estimate of drug-likeness (QED) is 0.334. The van der Waals surface area contributed by atoms with Crippen molar-refractivity contribution in [2.75, 3.05) is 7.11 Å². The molecule has 4 nitrogen and oxygen atoms in total. The molecule has 84 valence electrons. The Kier molecular flexibility index (Phi) is 2.13. The van der Waals surface area contributed by atoms with Gasteiger partial charge < -0.3 is 9.47 Å². The van der Waals surface area contributed by atoms with E-state index < -0.39 is 26.4 Å². The van der Waals surface area contributed by atoms with E-state index in [0.29, 0.717) is 12.8 Å². The molecular formula is C10H13IO4. The third kappa shape index (κ3) is 0.976. The number of esters is 2. The minimum Gasteiger partial charge on any atom is -0.468 e. The summed E-state index contributed by atoms with van der Waals surface area (Å²) in [6, 6.07) is 0. The number of hydrogen-bond donors (Lipinski definition) is 0. The fourth-order valence-electron chi connectivity index (χ4n) is 2.41. The zero-order chi connectivity index (χ0) is 11.5. The molecule has 0 unspecified atom stereocenters. The van der Waals surface area contributed by atoms with Gasteiger partial charge in [-0.25, -0.2) is 0 Å². The predicted octanol–water partition coefficient (Wildman–Crippen LogP) is 1.45. The molecule has 0 N–H and O–H groups in total. The summed E-state index contributed by atoms with van der Waals surface area (Å²) in [5.74, 6) is -0.882. The average Bonchev–Trinajstić information content (AvgIpc) is 2.82. The van der Waals surface area contributed by atoms with Crippen LogP contribution >= 0.6 is 22.6 Å². The van der Waals surface area contributed by atoms with E-state index in [1.807, 2.05) is 13.8 Å². The topological polar surface area (TPSA) is 52.6 Å². The van der Waals surface area contributed by atoms with Crippen molar-refractivity contribution in [3.05, 3.63) is 0 Å². The van der Waals surface area contributed by atoms with Gasteiger partial charge in [-0.15, -0.1) is 0 Å². The van der Waals surface area contributed by atoms with Crippen molar-refractivity contribution in [3.63, 3.8) is 0 Å². The molecule has 5 heteroatoms. The van der Waals surface area contributed by atoms with Crippen molar-refractivity contribution in [2.45, 2.75) is 35.7 Å². The first-order valence-electron chi connectivity index (χ1n) is 4.89. The van der Waals surface area contributed by atoms with Crippen LogP contribution in [0.4, 0.5) is 0 Å². The summed E-state index contributed by atoms with van der Waals surface area (Å²) in [6.45, 7) is 3.84. The lowest BCUT2D eigenvalue weighted by atomic mass is 9.93. The van der Waals surface area contributed by atoms with E-state index >= 15 is 0 Å². The molecule has 0 radical (unpaired) electrons. The Bertz CT molecular complexity index is 355. The van der Waals surface area contributed by atoms with Crippen molar-refractivity contribution in [1.29, 1.82) is 0 Å². The molecule has 0 bridgehead atoms. The first-order chi connectivity index (χ1) is 6.88. The Hall–Kier alpha value is -0.330. The summed E-state index contributed by atoms with van der Waals surface area (Å²) in [5.41, 5.74) is -1.58. The normalized spacial score (nSPS) is 47.1.